The van der Waals surface area contributed by atoms with Gasteiger partial charge < -0.3 is 14.5 Å². The first-order valence-electron chi connectivity index (χ1n) is 9.27. The van der Waals surface area contributed by atoms with E-state index in [2.05, 4.69) is 0 Å². The fraction of sp³-hybridized carbons (Fsp3) is 0.600. The van der Waals surface area contributed by atoms with Crippen molar-refractivity contribution in [1.29, 1.82) is 0 Å². The van der Waals surface area contributed by atoms with Crippen LogP contribution in [-0.4, -0.2) is 59.3 Å². The number of benzene rings is 1. The smallest absolute Gasteiger partial charge is 0.410 e. The highest BCUT2D eigenvalue weighted by atomic mass is 35.5. The number of rotatable bonds is 5. The van der Waals surface area contributed by atoms with E-state index in [1.807, 2.05) is 57.0 Å². The van der Waals surface area contributed by atoms with Crippen molar-refractivity contribution in [2.75, 3.05) is 25.9 Å². The number of thioether (sulfide) groups is 1. The van der Waals surface area contributed by atoms with E-state index in [1.54, 1.807) is 16.7 Å². The molecule has 2 amide bonds. The van der Waals surface area contributed by atoms with Crippen molar-refractivity contribution in [3.63, 3.8) is 0 Å². The maximum absolute atomic E-state index is 12.5. The quantitative estimate of drug-likeness (QED) is 0.659. The molecule has 0 spiro atoms. The molecule has 1 saturated heterocycles. The molecule has 1 fully saturated rings. The Morgan fingerprint density at radius 2 is 1.81 bits per heavy atom. The molecule has 0 radical (unpaired) electrons. The van der Waals surface area contributed by atoms with Gasteiger partial charge in [0, 0.05) is 48.3 Å². The van der Waals surface area contributed by atoms with Gasteiger partial charge in [-0.05, 0) is 57.9 Å². The van der Waals surface area contributed by atoms with E-state index < -0.39 is 5.60 Å². The average molecular weight is 413 g/mol. The summed E-state index contributed by atoms with van der Waals surface area (Å²) in [4.78, 5) is 29.3. The van der Waals surface area contributed by atoms with Gasteiger partial charge in [0.15, 0.2) is 0 Å². The molecular formula is C20H29ClN2O3S. The summed E-state index contributed by atoms with van der Waals surface area (Å²) in [7, 11) is 1.86. The van der Waals surface area contributed by atoms with Crippen LogP contribution in [0.15, 0.2) is 29.2 Å². The van der Waals surface area contributed by atoms with Gasteiger partial charge >= 0.3 is 6.09 Å². The number of hydrogen-bond acceptors (Lipinski definition) is 4. The Labute approximate surface area is 171 Å². The minimum atomic E-state index is -0.484. The molecule has 1 aliphatic rings. The van der Waals surface area contributed by atoms with Crippen LogP contribution in [0.1, 0.15) is 40.0 Å². The van der Waals surface area contributed by atoms with Gasteiger partial charge in [-0.2, -0.15) is 0 Å². The van der Waals surface area contributed by atoms with Crippen LogP contribution in [0.25, 0.3) is 0 Å². The zero-order valence-electron chi connectivity index (χ0n) is 16.5. The SMILES string of the molecule is CN(C(=O)CCSc1ccc(Cl)cc1)C1CCN(C(=O)OC(C)(C)C)CC1. The first-order valence-corrected chi connectivity index (χ1v) is 10.6. The third-order valence-electron chi connectivity index (χ3n) is 4.46. The van der Waals surface area contributed by atoms with Crippen LogP contribution in [0.3, 0.4) is 0 Å². The summed E-state index contributed by atoms with van der Waals surface area (Å²) in [6, 6.07) is 7.82. The second-order valence-corrected chi connectivity index (χ2v) is 9.36. The number of amides is 2. The molecule has 0 bridgehead atoms. The lowest BCUT2D eigenvalue weighted by Crippen LogP contribution is -2.48. The second-order valence-electron chi connectivity index (χ2n) is 7.76. The summed E-state index contributed by atoms with van der Waals surface area (Å²) in [6.45, 7) is 6.85. The molecule has 1 aliphatic heterocycles. The number of piperidine rings is 1. The molecule has 1 heterocycles. The lowest BCUT2D eigenvalue weighted by molar-refractivity contribution is -0.132. The van der Waals surface area contributed by atoms with E-state index in [0.29, 0.717) is 24.5 Å². The van der Waals surface area contributed by atoms with Crippen LogP contribution in [0.2, 0.25) is 5.02 Å². The molecule has 150 valence electrons. The van der Waals surface area contributed by atoms with Crippen LogP contribution in [-0.2, 0) is 9.53 Å². The molecule has 5 nitrogen and oxygen atoms in total. The fourth-order valence-electron chi connectivity index (χ4n) is 2.93. The number of carbonyl (C=O) groups excluding carboxylic acids is 2. The Kier molecular flexibility index (Phi) is 7.86. The first kappa shape index (κ1) is 21.9. The standard InChI is InChI=1S/C20H29ClN2O3S/c1-20(2,3)26-19(25)23-12-9-16(10-13-23)22(4)18(24)11-14-27-17-7-5-15(21)6-8-17/h5-8,16H,9-14H2,1-4H3. The summed E-state index contributed by atoms with van der Waals surface area (Å²) in [5, 5.41) is 0.716. The molecule has 1 aromatic rings. The van der Waals surface area contributed by atoms with Crippen molar-refractivity contribution in [2.24, 2.45) is 0 Å². The van der Waals surface area contributed by atoms with E-state index >= 15 is 0 Å². The summed E-state index contributed by atoms with van der Waals surface area (Å²) in [5.41, 5.74) is -0.484. The van der Waals surface area contributed by atoms with Crippen molar-refractivity contribution in [1.82, 2.24) is 9.80 Å². The molecule has 0 atom stereocenters. The maximum Gasteiger partial charge on any atom is 0.410 e. The highest BCUT2D eigenvalue weighted by Gasteiger charge is 2.29. The Morgan fingerprint density at radius 3 is 2.37 bits per heavy atom. The Bertz CT molecular complexity index is 638. The summed E-state index contributed by atoms with van der Waals surface area (Å²) in [5.74, 6) is 0.883. The van der Waals surface area contributed by atoms with Crippen molar-refractivity contribution in [3.8, 4) is 0 Å². The number of ether oxygens (including phenoxy) is 1. The van der Waals surface area contributed by atoms with Crippen LogP contribution < -0.4 is 0 Å². The third kappa shape index (κ3) is 7.26. The van der Waals surface area contributed by atoms with E-state index in [-0.39, 0.29) is 18.0 Å². The average Bonchev–Trinajstić information content (AvgIpc) is 2.61. The van der Waals surface area contributed by atoms with Gasteiger partial charge in [-0.25, -0.2) is 4.79 Å². The van der Waals surface area contributed by atoms with E-state index in [4.69, 9.17) is 16.3 Å². The molecule has 0 aliphatic carbocycles. The number of hydrogen-bond donors (Lipinski definition) is 0. The monoisotopic (exact) mass is 412 g/mol. The first-order chi connectivity index (χ1) is 12.7. The summed E-state index contributed by atoms with van der Waals surface area (Å²) in [6.07, 6.45) is 1.79. The number of nitrogens with zero attached hydrogens (tertiary/aromatic N) is 2. The highest BCUT2D eigenvalue weighted by Crippen LogP contribution is 2.22. The van der Waals surface area contributed by atoms with Gasteiger partial charge in [0.2, 0.25) is 5.91 Å². The molecule has 0 saturated carbocycles. The zero-order chi connectivity index (χ0) is 20.0. The lowest BCUT2D eigenvalue weighted by Gasteiger charge is -2.37. The normalized spacial score (nSPS) is 15.5. The molecule has 0 unspecified atom stereocenters. The van der Waals surface area contributed by atoms with Crippen molar-refractivity contribution >= 4 is 35.4 Å². The minimum absolute atomic E-state index is 0.146. The van der Waals surface area contributed by atoms with Gasteiger partial charge in [-0.1, -0.05) is 11.6 Å². The maximum atomic E-state index is 12.5. The van der Waals surface area contributed by atoms with Crippen LogP contribution in [0.5, 0.6) is 0 Å². The molecule has 2 rings (SSSR count). The molecule has 7 heteroatoms. The molecule has 27 heavy (non-hydrogen) atoms. The van der Waals surface area contributed by atoms with Crippen LogP contribution in [0, 0.1) is 0 Å². The molecule has 0 aromatic heterocycles. The predicted octanol–water partition coefficient (Wildman–Crippen LogP) is 4.68. The van der Waals surface area contributed by atoms with Gasteiger partial charge in [-0.15, -0.1) is 11.8 Å². The highest BCUT2D eigenvalue weighted by molar-refractivity contribution is 7.99. The zero-order valence-corrected chi connectivity index (χ0v) is 18.1. The van der Waals surface area contributed by atoms with Gasteiger partial charge in [0.05, 0.1) is 0 Å². The van der Waals surface area contributed by atoms with E-state index in [9.17, 15) is 9.59 Å². The number of carbonyl (C=O) groups is 2. The largest absolute Gasteiger partial charge is 0.444 e. The molecular weight excluding hydrogens is 384 g/mol. The topological polar surface area (TPSA) is 49.9 Å². The third-order valence-corrected chi connectivity index (χ3v) is 5.72. The number of halogens is 1. The Balaban J connectivity index is 1.72. The van der Waals surface area contributed by atoms with Crippen molar-refractivity contribution < 1.29 is 14.3 Å². The van der Waals surface area contributed by atoms with Gasteiger partial charge in [0.25, 0.3) is 0 Å². The fourth-order valence-corrected chi connectivity index (χ4v) is 3.90. The van der Waals surface area contributed by atoms with Crippen molar-refractivity contribution in [2.45, 2.75) is 56.6 Å². The van der Waals surface area contributed by atoms with Crippen LogP contribution in [0.4, 0.5) is 4.79 Å². The van der Waals surface area contributed by atoms with E-state index in [0.717, 1.165) is 23.5 Å². The predicted molar refractivity (Wildman–Crippen MR) is 110 cm³/mol. The molecule has 0 N–H and O–H groups in total. The van der Waals surface area contributed by atoms with E-state index in [1.165, 1.54) is 0 Å². The second kappa shape index (κ2) is 9.69. The summed E-state index contributed by atoms with van der Waals surface area (Å²) < 4.78 is 5.42. The lowest BCUT2D eigenvalue weighted by atomic mass is 10.0. The molecule has 1 aromatic carbocycles. The van der Waals surface area contributed by atoms with Gasteiger partial charge in [0.1, 0.15) is 5.60 Å². The number of likely N-dealkylation sites (tertiary alicyclic amines) is 1. The minimum Gasteiger partial charge on any atom is -0.444 e. The summed E-state index contributed by atoms with van der Waals surface area (Å²) >= 11 is 7.54. The Hall–Kier alpha value is -1.40. The van der Waals surface area contributed by atoms with Crippen LogP contribution >= 0.6 is 23.4 Å². The Morgan fingerprint density at radius 1 is 1.22 bits per heavy atom. The van der Waals surface area contributed by atoms with Gasteiger partial charge in [-0.3, -0.25) is 4.79 Å². The van der Waals surface area contributed by atoms with Crippen molar-refractivity contribution in [3.05, 3.63) is 29.3 Å².